The van der Waals surface area contributed by atoms with E-state index < -0.39 is 49.5 Å². The second kappa shape index (κ2) is 35.4. The van der Waals surface area contributed by atoms with E-state index in [1.165, 1.54) is 148 Å². The number of nitrogens with one attached hydrogen (secondary N) is 1. The van der Waals surface area contributed by atoms with Crippen LogP contribution in [-0.2, 0) is 14.3 Å². The van der Waals surface area contributed by atoms with E-state index >= 15 is 0 Å². The fourth-order valence-electron chi connectivity index (χ4n) is 7.21. The van der Waals surface area contributed by atoms with Crippen LogP contribution in [0.3, 0.4) is 0 Å². The molecule has 1 fully saturated rings. The zero-order valence-electron chi connectivity index (χ0n) is 34.3. The molecule has 1 heterocycles. The molecular weight excluding hydrogens is 670 g/mol. The van der Waals surface area contributed by atoms with Crippen LogP contribution in [0.25, 0.3) is 0 Å². The first-order valence-corrected chi connectivity index (χ1v) is 22.4. The molecule has 0 aromatic heterocycles. The molecular formula is C44H85NO8. The van der Waals surface area contributed by atoms with Gasteiger partial charge in [-0.3, -0.25) is 4.79 Å². The molecule has 1 saturated heterocycles. The third kappa shape index (κ3) is 26.4. The van der Waals surface area contributed by atoms with Crippen molar-refractivity contribution in [2.45, 2.75) is 249 Å². The van der Waals surface area contributed by atoms with Gasteiger partial charge in [-0.2, -0.15) is 0 Å². The monoisotopic (exact) mass is 756 g/mol. The molecule has 1 aliphatic rings. The second-order valence-corrected chi connectivity index (χ2v) is 15.9. The lowest BCUT2D eigenvalue weighted by molar-refractivity contribution is -0.302. The van der Waals surface area contributed by atoms with E-state index in [-0.39, 0.29) is 12.5 Å². The van der Waals surface area contributed by atoms with Gasteiger partial charge in [0.2, 0.25) is 5.91 Å². The van der Waals surface area contributed by atoms with Crippen molar-refractivity contribution in [2.24, 2.45) is 0 Å². The number of rotatable bonds is 37. The van der Waals surface area contributed by atoms with Gasteiger partial charge >= 0.3 is 0 Å². The lowest BCUT2D eigenvalue weighted by Gasteiger charge is -2.40. The van der Waals surface area contributed by atoms with Crippen LogP contribution in [0.15, 0.2) is 12.2 Å². The van der Waals surface area contributed by atoms with Crippen molar-refractivity contribution in [1.82, 2.24) is 5.32 Å². The average molecular weight is 756 g/mol. The number of aliphatic hydroxyl groups is 5. The minimum absolute atomic E-state index is 0.175. The molecule has 2 unspecified atom stereocenters. The van der Waals surface area contributed by atoms with E-state index in [9.17, 15) is 30.3 Å². The van der Waals surface area contributed by atoms with Crippen LogP contribution < -0.4 is 5.32 Å². The number of carbonyl (C=O) groups is 1. The highest BCUT2D eigenvalue weighted by atomic mass is 16.7. The summed E-state index contributed by atoms with van der Waals surface area (Å²) in [6.07, 6.45) is 32.5. The molecule has 0 bridgehead atoms. The number of unbranched alkanes of at least 4 members (excludes halogenated alkanes) is 27. The summed E-state index contributed by atoms with van der Waals surface area (Å²) in [6, 6.07) is -0.797. The van der Waals surface area contributed by atoms with Gasteiger partial charge in [0.25, 0.3) is 0 Å². The first kappa shape index (κ1) is 49.9. The molecule has 9 nitrogen and oxygen atoms in total. The van der Waals surface area contributed by atoms with Gasteiger partial charge in [-0.1, -0.05) is 193 Å². The number of ether oxygens (including phenoxy) is 2. The summed E-state index contributed by atoms with van der Waals surface area (Å²) in [7, 11) is 0. The van der Waals surface area contributed by atoms with Crippen molar-refractivity contribution in [3.63, 3.8) is 0 Å². The molecule has 7 atom stereocenters. The van der Waals surface area contributed by atoms with Crippen molar-refractivity contribution >= 4 is 5.91 Å². The lowest BCUT2D eigenvalue weighted by atomic mass is 9.99. The second-order valence-electron chi connectivity index (χ2n) is 15.9. The summed E-state index contributed by atoms with van der Waals surface area (Å²) >= 11 is 0. The van der Waals surface area contributed by atoms with Gasteiger partial charge in [-0.25, -0.2) is 0 Å². The summed E-state index contributed by atoms with van der Waals surface area (Å²) in [5, 5.41) is 54.1. The molecule has 1 amide bonds. The molecule has 6 N–H and O–H groups in total. The van der Waals surface area contributed by atoms with Crippen LogP contribution in [0.4, 0.5) is 0 Å². The van der Waals surface area contributed by atoms with Crippen molar-refractivity contribution in [2.75, 3.05) is 13.2 Å². The topological polar surface area (TPSA) is 149 Å². The SMILES string of the molecule is CCCCCCCCCCCCC/C=C/[C@@H](O)[C@H](CO[C@@H]1OC(CO)[C@H](O)[C@H](O)C1O)NC(=O)CCCCCCCCCCCCCCCCCCC. The normalized spacial score (nSPS) is 21.7. The molecule has 0 aromatic rings. The van der Waals surface area contributed by atoms with E-state index in [0.717, 1.165) is 38.5 Å². The molecule has 0 spiro atoms. The Balaban J connectivity index is 2.35. The number of hydrogen-bond donors (Lipinski definition) is 6. The van der Waals surface area contributed by atoms with E-state index in [2.05, 4.69) is 19.2 Å². The van der Waals surface area contributed by atoms with Gasteiger partial charge in [0.15, 0.2) is 6.29 Å². The first-order valence-electron chi connectivity index (χ1n) is 22.4. The molecule has 0 aliphatic carbocycles. The first-order chi connectivity index (χ1) is 25.8. The summed E-state index contributed by atoms with van der Waals surface area (Å²) in [4.78, 5) is 12.9. The highest BCUT2D eigenvalue weighted by Crippen LogP contribution is 2.23. The van der Waals surface area contributed by atoms with Gasteiger partial charge in [0.1, 0.15) is 24.4 Å². The predicted octanol–water partition coefficient (Wildman–Crippen LogP) is 8.95. The Bertz CT molecular complexity index is 842. The highest BCUT2D eigenvalue weighted by Gasteiger charge is 2.44. The molecule has 9 heteroatoms. The quantitative estimate of drug-likeness (QED) is 0.0272. The zero-order valence-corrected chi connectivity index (χ0v) is 34.3. The minimum Gasteiger partial charge on any atom is -0.394 e. The Morgan fingerprint density at radius 1 is 0.623 bits per heavy atom. The molecule has 314 valence electrons. The molecule has 53 heavy (non-hydrogen) atoms. The molecule has 1 aliphatic heterocycles. The molecule has 0 radical (unpaired) electrons. The lowest BCUT2D eigenvalue weighted by Crippen LogP contribution is -2.60. The van der Waals surface area contributed by atoms with Gasteiger partial charge in [-0.05, 0) is 19.3 Å². The number of hydrogen-bond acceptors (Lipinski definition) is 8. The molecule has 0 saturated carbocycles. The van der Waals surface area contributed by atoms with Gasteiger partial charge in [-0.15, -0.1) is 0 Å². The Morgan fingerprint density at radius 2 is 1.04 bits per heavy atom. The van der Waals surface area contributed by atoms with Crippen molar-refractivity contribution in [3.05, 3.63) is 12.2 Å². The summed E-state index contributed by atoms with van der Waals surface area (Å²) < 4.78 is 11.2. The Hall–Kier alpha value is -1.07. The van der Waals surface area contributed by atoms with Crippen LogP contribution in [0, 0.1) is 0 Å². The number of amides is 1. The van der Waals surface area contributed by atoms with Crippen molar-refractivity contribution in [3.8, 4) is 0 Å². The third-order valence-corrected chi connectivity index (χ3v) is 10.9. The molecule has 0 aromatic carbocycles. The van der Waals surface area contributed by atoms with Gasteiger partial charge in [0, 0.05) is 6.42 Å². The summed E-state index contributed by atoms with van der Waals surface area (Å²) in [6.45, 7) is 3.77. The maximum Gasteiger partial charge on any atom is 0.220 e. The summed E-state index contributed by atoms with van der Waals surface area (Å²) in [5.41, 5.74) is 0. The van der Waals surface area contributed by atoms with Crippen LogP contribution in [-0.4, -0.2) is 87.5 Å². The van der Waals surface area contributed by atoms with Crippen LogP contribution >= 0.6 is 0 Å². The van der Waals surface area contributed by atoms with Crippen molar-refractivity contribution < 1.29 is 39.8 Å². The highest BCUT2D eigenvalue weighted by molar-refractivity contribution is 5.76. The smallest absolute Gasteiger partial charge is 0.220 e. The van der Waals surface area contributed by atoms with E-state index in [1.54, 1.807) is 6.08 Å². The van der Waals surface area contributed by atoms with E-state index in [0.29, 0.717) is 6.42 Å². The fourth-order valence-corrected chi connectivity index (χ4v) is 7.21. The number of aliphatic hydroxyl groups excluding tert-OH is 5. The maximum atomic E-state index is 12.9. The minimum atomic E-state index is -1.56. The zero-order chi connectivity index (χ0) is 38.8. The van der Waals surface area contributed by atoms with Crippen LogP contribution in [0.5, 0.6) is 0 Å². The predicted molar refractivity (Wildman–Crippen MR) is 217 cm³/mol. The van der Waals surface area contributed by atoms with E-state index in [1.807, 2.05) is 6.08 Å². The van der Waals surface area contributed by atoms with Gasteiger partial charge in [0.05, 0.1) is 25.4 Å². The molecule has 1 rings (SSSR count). The van der Waals surface area contributed by atoms with Crippen LogP contribution in [0.1, 0.15) is 206 Å². The fraction of sp³-hybridized carbons (Fsp3) is 0.932. The van der Waals surface area contributed by atoms with Gasteiger partial charge < -0.3 is 40.3 Å². The third-order valence-electron chi connectivity index (χ3n) is 10.9. The average Bonchev–Trinajstić information content (AvgIpc) is 3.16. The van der Waals surface area contributed by atoms with E-state index in [4.69, 9.17) is 9.47 Å². The van der Waals surface area contributed by atoms with Crippen LogP contribution in [0.2, 0.25) is 0 Å². The number of allylic oxidation sites excluding steroid dienone is 1. The summed E-state index contributed by atoms with van der Waals surface area (Å²) in [5.74, 6) is -0.175. The van der Waals surface area contributed by atoms with Crippen molar-refractivity contribution in [1.29, 1.82) is 0 Å². The Labute approximate surface area is 325 Å². The largest absolute Gasteiger partial charge is 0.394 e. The maximum absolute atomic E-state index is 12.9. The number of carbonyl (C=O) groups excluding carboxylic acids is 1. The Kier molecular flexibility index (Phi) is 33.3. The standard InChI is InChI=1S/C44H85NO8/c1-3-5-7-9-11-13-15-17-18-19-20-22-24-26-28-30-32-34-40(48)45-37(36-52-44-43(51)42(50)41(49)39(35-46)53-44)38(47)33-31-29-27-25-23-21-16-14-12-10-8-6-4-2/h31,33,37-39,41-44,46-47,49-51H,3-30,32,34-36H2,1-2H3,(H,45,48)/b33-31+/t37-,38+,39?,41-,42-,43?,44+/m0/s1. The Morgan fingerprint density at radius 3 is 1.47 bits per heavy atom.